The summed E-state index contributed by atoms with van der Waals surface area (Å²) in [5.41, 5.74) is 0. The van der Waals surface area contributed by atoms with E-state index in [-0.39, 0.29) is 12.9 Å². The van der Waals surface area contributed by atoms with Crippen molar-refractivity contribution in [2.24, 2.45) is 0 Å². The van der Waals surface area contributed by atoms with Gasteiger partial charge in [0.1, 0.15) is 6.61 Å². The summed E-state index contributed by atoms with van der Waals surface area (Å²) in [6, 6.07) is 0. The van der Waals surface area contributed by atoms with Crippen LogP contribution < -0.4 is 0 Å². The lowest BCUT2D eigenvalue weighted by Gasteiger charge is -2.12. The molecule has 5 heteroatoms. The van der Waals surface area contributed by atoms with Crippen molar-refractivity contribution in [2.75, 3.05) is 33.0 Å². The maximum Gasteiger partial charge on any atom is 0.330 e. The third-order valence-corrected chi connectivity index (χ3v) is 1.62. The highest BCUT2D eigenvalue weighted by Gasteiger charge is 1.99. The maximum atomic E-state index is 10.6. The van der Waals surface area contributed by atoms with Crippen molar-refractivity contribution >= 4 is 5.97 Å². The molecule has 16 heavy (non-hydrogen) atoms. The van der Waals surface area contributed by atoms with Gasteiger partial charge >= 0.3 is 5.97 Å². The lowest BCUT2D eigenvalue weighted by molar-refractivity contribution is -0.143. The van der Waals surface area contributed by atoms with Gasteiger partial charge in [-0.25, -0.2) is 4.79 Å². The first-order chi connectivity index (χ1) is 7.70. The Labute approximate surface area is 96.3 Å². The van der Waals surface area contributed by atoms with Crippen LogP contribution in [0.25, 0.3) is 0 Å². The van der Waals surface area contributed by atoms with Gasteiger partial charge < -0.3 is 18.9 Å². The average molecular weight is 232 g/mol. The van der Waals surface area contributed by atoms with Crippen LogP contribution >= 0.6 is 0 Å². The van der Waals surface area contributed by atoms with E-state index >= 15 is 0 Å². The van der Waals surface area contributed by atoms with Gasteiger partial charge in [0.15, 0.2) is 6.29 Å². The Hall–Kier alpha value is -0.910. The molecule has 0 heterocycles. The van der Waals surface area contributed by atoms with Crippen LogP contribution in [0.15, 0.2) is 12.7 Å². The normalized spacial score (nSPS) is 12.1. The summed E-state index contributed by atoms with van der Waals surface area (Å²) in [7, 11) is 0. The zero-order valence-corrected chi connectivity index (χ0v) is 9.94. The standard InChI is InChI=1S/C11H20O5/c1-4-11(12)16-9-7-13-6-8-15-10(3)14-5-2/h4,10H,1,5-9H2,2-3H3. The van der Waals surface area contributed by atoms with E-state index in [4.69, 9.17) is 18.9 Å². The molecule has 0 rings (SSSR count). The lowest BCUT2D eigenvalue weighted by atomic mass is 10.6. The van der Waals surface area contributed by atoms with Crippen LogP contribution in [-0.4, -0.2) is 45.3 Å². The van der Waals surface area contributed by atoms with Gasteiger partial charge in [-0.1, -0.05) is 6.58 Å². The van der Waals surface area contributed by atoms with Crippen LogP contribution in [0.3, 0.4) is 0 Å². The molecule has 0 radical (unpaired) electrons. The zero-order chi connectivity index (χ0) is 12.2. The zero-order valence-electron chi connectivity index (χ0n) is 9.94. The number of ether oxygens (including phenoxy) is 4. The predicted octanol–water partition coefficient (Wildman–Crippen LogP) is 1.13. The highest BCUT2D eigenvalue weighted by atomic mass is 16.7. The van der Waals surface area contributed by atoms with Gasteiger partial charge in [-0.15, -0.1) is 0 Å². The molecule has 94 valence electrons. The van der Waals surface area contributed by atoms with Gasteiger partial charge in [-0.2, -0.15) is 0 Å². The van der Waals surface area contributed by atoms with Crippen molar-refractivity contribution in [1.82, 2.24) is 0 Å². The predicted molar refractivity (Wildman–Crippen MR) is 59.0 cm³/mol. The minimum absolute atomic E-state index is 0.216. The summed E-state index contributed by atoms with van der Waals surface area (Å²) in [6.45, 7) is 9.12. The summed E-state index contributed by atoms with van der Waals surface area (Å²) in [6.07, 6.45) is 0.902. The first-order valence-corrected chi connectivity index (χ1v) is 5.30. The molecule has 0 bridgehead atoms. The fraction of sp³-hybridized carbons (Fsp3) is 0.727. The molecule has 0 spiro atoms. The topological polar surface area (TPSA) is 54.0 Å². The minimum atomic E-state index is -0.440. The highest BCUT2D eigenvalue weighted by molar-refractivity contribution is 5.81. The number of rotatable bonds is 10. The van der Waals surface area contributed by atoms with Crippen LogP contribution in [0.2, 0.25) is 0 Å². The molecule has 0 saturated carbocycles. The average Bonchev–Trinajstić information content (AvgIpc) is 2.27. The molecule has 1 atom stereocenters. The lowest BCUT2D eigenvalue weighted by Crippen LogP contribution is -2.17. The molecule has 0 aliphatic heterocycles. The van der Waals surface area contributed by atoms with Crippen LogP contribution in [0.4, 0.5) is 0 Å². The van der Waals surface area contributed by atoms with Crippen LogP contribution in [0.1, 0.15) is 13.8 Å². The molecular formula is C11H20O5. The molecule has 5 nitrogen and oxygen atoms in total. The van der Waals surface area contributed by atoms with E-state index in [1.54, 1.807) is 0 Å². The molecular weight excluding hydrogens is 212 g/mol. The molecule has 0 aromatic rings. The Morgan fingerprint density at radius 2 is 1.94 bits per heavy atom. The summed E-state index contributed by atoms with van der Waals surface area (Å²) < 4.78 is 20.3. The molecule has 0 fully saturated rings. The SMILES string of the molecule is C=CC(=O)OCCOCCOC(C)OCC. The molecule has 1 unspecified atom stereocenters. The van der Waals surface area contributed by atoms with Crippen molar-refractivity contribution in [1.29, 1.82) is 0 Å². The fourth-order valence-electron chi connectivity index (χ4n) is 0.918. The first-order valence-electron chi connectivity index (χ1n) is 5.30. The van der Waals surface area contributed by atoms with Crippen molar-refractivity contribution in [3.8, 4) is 0 Å². The van der Waals surface area contributed by atoms with Gasteiger partial charge in [0.25, 0.3) is 0 Å². The highest BCUT2D eigenvalue weighted by Crippen LogP contribution is 1.92. The van der Waals surface area contributed by atoms with Crippen molar-refractivity contribution in [2.45, 2.75) is 20.1 Å². The molecule has 0 aromatic heterocycles. The largest absolute Gasteiger partial charge is 0.460 e. The van der Waals surface area contributed by atoms with E-state index in [0.717, 1.165) is 6.08 Å². The second-order valence-corrected chi connectivity index (χ2v) is 2.88. The van der Waals surface area contributed by atoms with Crippen LogP contribution in [0.5, 0.6) is 0 Å². The smallest absolute Gasteiger partial charge is 0.330 e. The molecule has 0 aliphatic carbocycles. The van der Waals surface area contributed by atoms with E-state index in [1.807, 2.05) is 13.8 Å². The van der Waals surface area contributed by atoms with Crippen molar-refractivity contribution in [3.63, 3.8) is 0 Å². The quantitative estimate of drug-likeness (QED) is 0.244. The Bertz CT molecular complexity index is 193. The minimum Gasteiger partial charge on any atom is -0.460 e. The van der Waals surface area contributed by atoms with Gasteiger partial charge in [-0.3, -0.25) is 0 Å². The van der Waals surface area contributed by atoms with Gasteiger partial charge in [-0.05, 0) is 13.8 Å². The first kappa shape index (κ1) is 15.1. The Morgan fingerprint density at radius 3 is 2.56 bits per heavy atom. The molecule has 0 saturated heterocycles. The number of carbonyl (C=O) groups excluding carboxylic acids is 1. The van der Waals surface area contributed by atoms with E-state index < -0.39 is 5.97 Å². The van der Waals surface area contributed by atoms with E-state index in [0.29, 0.717) is 26.4 Å². The third kappa shape index (κ3) is 9.64. The number of carbonyl (C=O) groups is 1. The van der Waals surface area contributed by atoms with E-state index in [2.05, 4.69) is 6.58 Å². The number of hydrogen-bond acceptors (Lipinski definition) is 5. The monoisotopic (exact) mass is 232 g/mol. The van der Waals surface area contributed by atoms with E-state index in [1.165, 1.54) is 0 Å². The molecule has 0 aliphatic rings. The van der Waals surface area contributed by atoms with E-state index in [9.17, 15) is 4.79 Å². The summed E-state index contributed by atoms with van der Waals surface area (Å²) >= 11 is 0. The molecule has 0 amide bonds. The maximum absolute atomic E-state index is 10.6. The summed E-state index contributed by atoms with van der Waals surface area (Å²) in [5, 5.41) is 0. The van der Waals surface area contributed by atoms with Crippen LogP contribution in [-0.2, 0) is 23.7 Å². The Morgan fingerprint density at radius 1 is 1.25 bits per heavy atom. The van der Waals surface area contributed by atoms with Crippen molar-refractivity contribution in [3.05, 3.63) is 12.7 Å². The van der Waals surface area contributed by atoms with Crippen LogP contribution in [0, 0.1) is 0 Å². The molecule has 0 aromatic carbocycles. The third-order valence-electron chi connectivity index (χ3n) is 1.62. The molecule has 0 N–H and O–H groups in total. The summed E-state index contributed by atoms with van der Waals surface area (Å²) in [5.74, 6) is -0.440. The summed E-state index contributed by atoms with van der Waals surface area (Å²) in [4.78, 5) is 10.6. The van der Waals surface area contributed by atoms with Gasteiger partial charge in [0.05, 0.1) is 19.8 Å². The van der Waals surface area contributed by atoms with Gasteiger partial charge in [0, 0.05) is 12.7 Å². The van der Waals surface area contributed by atoms with Gasteiger partial charge in [0.2, 0.25) is 0 Å². The Kier molecular flexibility index (Phi) is 10.00. The fourth-order valence-corrected chi connectivity index (χ4v) is 0.918. The second-order valence-electron chi connectivity index (χ2n) is 2.88. The van der Waals surface area contributed by atoms with Crippen molar-refractivity contribution < 1.29 is 23.7 Å². The second kappa shape index (κ2) is 10.6. The Balaban J connectivity index is 3.15. The number of esters is 1. The number of hydrogen-bond donors (Lipinski definition) is 0.